The zero-order valence-electron chi connectivity index (χ0n) is 17.9. The van der Waals surface area contributed by atoms with Crippen molar-refractivity contribution in [1.82, 2.24) is 30.0 Å². The van der Waals surface area contributed by atoms with E-state index >= 15 is 0 Å². The molecule has 4 aromatic rings. The number of fused-ring (bicyclic) bond motifs is 1. The molecule has 11 heteroatoms. The number of aromatic nitrogens is 6. The van der Waals surface area contributed by atoms with Gasteiger partial charge in [0.15, 0.2) is 17.1 Å². The van der Waals surface area contributed by atoms with E-state index in [1.807, 2.05) is 12.1 Å². The average molecular weight is 438 g/mol. The van der Waals surface area contributed by atoms with E-state index in [1.165, 1.54) is 11.6 Å². The molecule has 5 rings (SSSR count). The summed E-state index contributed by atoms with van der Waals surface area (Å²) in [6.45, 7) is 6.16. The van der Waals surface area contributed by atoms with Crippen LogP contribution in [-0.2, 0) is 11.3 Å². The lowest BCUT2D eigenvalue weighted by Crippen LogP contribution is -2.44. The summed E-state index contributed by atoms with van der Waals surface area (Å²) < 4.78 is 29.0. The standard InChI is InChI=1S/C21H22N6O5/c1-13-6-16(26-32-13)19-24-23-18-7-17(28-3)20(25-27(18)19)30-9-14-4-5-15(8-22-14)31-12-21(2)10-29-11-21/h4-8H,9-12H2,1-3H3. The van der Waals surface area contributed by atoms with Gasteiger partial charge in [0.2, 0.25) is 5.82 Å². The molecule has 1 saturated heterocycles. The molecule has 0 amide bonds. The van der Waals surface area contributed by atoms with Gasteiger partial charge in [0.1, 0.15) is 18.1 Å². The van der Waals surface area contributed by atoms with E-state index in [1.54, 1.807) is 25.3 Å². The summed E-state index contributed by atoms with van der Waals surface area (Å²) in [6.07, 6.45) is 1.68. The lowest BCUT2D eigenvalue weighted by Gasteiger charge is -2.37. The van der Waals surface area contributed by atoms with Crippen LogP contribution in [0.25, 0.3) is 17.2 Å². The number of ether oxygens (including phenoxy) is 4. The maximum atomic E-state index is 5.89. The molecule has 0 aromatic carbocycles. The molecule has 1 aliphatic heterocycles. The summed E-state index contributed by atoms with van der Waals surface area (Å²) in [5.41, 5.74) is 1.82. The quantitative estimate of drug-likeness (QED) is 0.406. The third kappa shape index (κ3) is 3.94. The predicted octanol–water partition coefficient (Wildman–Crippen LogP) is 2.49. The summed E-state index contributed by atoms with van der Waals surface area (Å²) in [5, 5.41) is 16.8. The molecule has 5 heterocycles. The third-order valence-corrected chi connectivity index (χ3v) is 5.05. The number of hydrogen-bond donors (Lipinski definition) is 0. The molecular weight excluding hydrogens is 416 g/mol. The van der Waals surface area contributed by atoms with Crippen molar-refractivity contribution in [1.29, 1.82) is 0 Å². The molecule has 0 aliphatic carbocycles. The lowest BCUT2D eigenvalue weighted by molar-refractivity contribution is -0.120. The van der Waals surface area contributed by atoms with Crippen LogP contribution in [0.1, 0.15) is 18.4 Å². The van der Waals surface area contributed by atoms with Gasteiger partial charge in [-0.2, -0.15) is 4.52 Å². The van der Waals surface area contributed by atoms with Crippen LogP contribution in [-0.4, -0.2) is 56.9 Å². The molecule has 11 nitrogen and oxygen atoms in total. The molecule has 0 spiro atoms. The minimum absolute atomic E-state index is 0.0777. The molecular formula is C21H22N6O5. The smallest absolute Gasteiger partial charge is 0.275 e. The highest BCUT2D eigenvalue weighted by Gasteiger charge is 2.34. The van der Waals surface area contributed by atoms with Crippen LogP contribution in [0.2, 0.25) is 0 Å². The molecule has 0 saturated carbocycles. The van der Waals surface area contributed by atoms with E-state index in [4.69, 9.17) is 23.5 Å². The van der Waals surface area contributed by atoms with Crippen molar-refractivity contribution in [3.05, 3.63) is 41.9 Å². The largest absolute Gasteiger partial charge is 0.491 e. The first-order chi connectivity index (χ1) is 15.5. The van der Waals surface area contributed by atoms with Gasteiger partial charge in [-0.3, -0.25) is 4.98 Å². The fourth-order valence-electron chi connectivity index (χ4n) is 3.19. The van der Waals surface area contributed by atoms with Crippen molar-refractivity contribution in [2.45, 2.75) is 20.5 Å². The summed E-state index contributed by atoms with van der Waals surface area (Å²) in [7, 11) is 1.54. The molecule has 166 valence electrons. The van der Waals surface area contributed by atoms with Crippen molar-refractivity contribution in [3.8, 4) is 28.9 Å². The number of aryl methyl sites for hydroxylation is 1. The van der Waals surface area contributed by atoms with Gasteiger partial charge in [-0.1, -0.05) is 12.1 Å². The average Bonchev–Trinajstić information content (AvgIpc) is 3.40. The van der Waals surface area contributed by atoms with Crippen LogP contribution >= 0.6 is 0 Å². The second-order valence-corrected chi connectivity index (χ2v) is 8.00. The Morgan fingerprint density at radius 3 is 2.69 bits per heavy atom. The summed E-state index contributed by atoms with van der Waals surface area (Å²) in [6, 6.07) is 7.17. The Bertz CT molecular complexity index is 1230. The fourth-order valence-corrected chi connectivity index (χ4v) is 3.19. The zero-order valence-corrected chi connectivity index (χ0v) is 17.9. The van der Waals surface area contributed by atoms with Crippen molar-refractivity contribution in [2.75, 3.05) is 26.9 Å². The van der Waals surface area contributed by atoms with Crippen molar-refractivity contribution >= 4 is 5.65 Å². The number of nitrogens with zero attached hydrogens (tertiary/aromatic N) is 6. The van der Waals surface area contributed by atoms with Crippen molar-refractivity contribution in [2.24, 2.45) is 5.41 Å². The van der Waals surface area contributed by atoms with Crippen LogP contribution in [0.5, 0.6) is 17.4 Å². The van der Waals surface area contributed by atoms with Gasteiger partial charge >= 0.3 is 0 Å². The minimum Gasteiger partial charge on any atom is -0.491 e. The Hall–Kier alpha value is -3.73. The Balaban J connectivity index is 1.31. The third-order valence-electron chi connectivity index (χ3n) is 5.05. The predicted molar refractivity (Wildman–Crippen MR) is 111 cm³/mol. The van der Waals surface area contributed by atoms with Gasteiger partial charge in [0.05, 0.1) is 38.8 Å². The highest BCUT2D eigenvalue weighted by atomic mass is 16.5. The zero-order chi connectivity index (χ0) is 22.1. The maximum absolute atomic E-state index is 5.89. The van der Waals surface area contributed by atoms with Crippen LogP contribution in [0, 0.1) is 12.3 Å². The minimum atomic E-state index is 0.0777. The SMILES string of the molecule is COc1cc2nnc(-c3cc(C)on3)n2nc1OCc1ccc(OCC2(C)COC2)cn1. The Morgan fingerprint density at radius 1 is 1.16 bits per heavy atom. The highest BCUT2D eigenvalue weighted by molar-refractivity contribution is 5.56. The highest BCUT2D eigenvalue weighted by Crippen LogP contribution is 2.29. The molecule has 4 aromatic heterocycles. The van der Waals surface area contributed by atoms with Gasteiger partial charge in [-0.25, -0.2) is 0 Å². The molecule has 0 unspecified atom stereocenters. The first kappa shape index (κ1) is 20.2. The van der Waals surface area contributed by atoms with Crippen LogP contribution in [0.4, 0.5) is 0 Å². The fraction of sp³-hybridized carbons (Fsp3) is 0.381. The number of rotatable bonds is 8. The normalized spacial score (nSPS) is 14.8. The van der Waals surface area contributed by atoms with Gasteiger partial charge in [-0.05, 0) is 19.1 Å². The number of hydrogen-bond acceptors (Lipinski definition) is 10. The topological polar surface area (TPSA) is 119 Å². The monoisotopic (exact) mass is 438 g/mol. The molecule has 0 atom stereocenters. The maximum Gasteiger partial charge on any atom is 0.275 e. The molecule has 0 bridgehead atoms. The Kier molecular flexibility index (Phi) is 5.10. The van der Waals surface area contributed by atoms with Crippen molar-refractivity contribution < 1.29 is 23.5 Å². The van der Waals surface area contributed by atoms with E-state index in [9.17, 15) is 0 Å². The molecule has 1 fully saturated rings. The molecule has 1 aliphatic rings. The van der Waals surface area contributed by atoms with Crippen LogP contribution in [0.15, 0.2) is 35.0 Å². The van der Waals surface area contributed by atoms with E-state index in [2.05, 4.69) is 32.4 Å². The van der Waals surface area contributed by atoms with Gasteiger partial charge in [0, 0.05) is 17.5 Å². The van der Waals surface area contributed by atoms with Gasteiger partial charge in [-0.15, -0.1) is 15.3 Å². The van der Waals surface area contributed by atoms with Crippen LogP contribution in [0.3, 0.4) is 0 Å². The number of methoxy groups -OCH3 is 1. The van der Waals surface area contributed by atoms with E-state index in [0.717, 1.165) is 18.9 Å². The van der Waals surface area contributed by atoms with Crippen LogP contribution < -0.4 is 14.2 Å². The van der Waals surface area contributed by atoms with E-state index in [-0.39, 0.29) is 17.9 Å². The summed E-state index contributed by atoms with van der Waals surface area (Å²) >= 11 is 0. The summed E-state index contributed by atoms with van der Waals surface area (Å²) in [4.78, 5) is 4.41. The van der Waals surface area contributed by atoms with Crippen molar-refractivity contribution in [3.63, 3.8) is 0 Å². The second-order valence-electron chi connectivity index (χ2n) is 8.00. The Labute approximate surface area is 183 Å². The van der Waals surface area contributed by atoms with Gasteiger partial charge < -0.3 is 23.5 Å². The molecule has 32 heavy (non-hydrogen) atoms. The van der Waals surface area contributed by atoms with Gasteiger partial charge in [0.25, 0.3) is 5.88 Å². The molecule has 0 radical (unpaired) electrons. The first-order valence-electron chi connectivity index (χ1n) is 10.1. The lowest BCUT2D eigenvalue weighted by atomic mass is 9.90. The van der Waals surface area contributed by atoms with E-state index in [0.29, 0.717) is 41.0 Å². The van der Waals surface area contributed by atoms with E-state index < -0.39 is 0 Å². The first-order valence-corrected chi connectivity index (χ1v) is 10.1. The second kappa shape index (κ2) is 8.08. The number of pyridine rings is 1. The molecule has 0 N–H and O–H groups in total. The Morgan fingerprint density at radius 2 is 2.03 bits per heavy atom. The summed E-state index contributed by atoms with van der Waals surface area (Å²) in [5.74, 6) is 2.52.